The molecule has 3 rings (SSSR count). The summed E-state index contributed by atoms with van der Waals surface area (Å²) in [6.45, 7) is 2.43. The third kappa shape index (κ3) is 4.71. The van der Waals surface area contributed by atoms with Crippen LogP contribution in [-0.4, -0.2) is 33.5 Å². The van der Waals surface area contributed by atoms with Crippen molar-refractivity contribution in [2.75, 3.05) is 13.2 Å². The van der Waals surface area contributed by atoms with Crippen molar-refractivity contribution in [1.82, 2.24) is 10.0 Å². The third-order valence-electron chi connectivity index (χ3n) is 4.47. The van der Waals surface area contributed by atoms with Gasteiger partial charge in [-0.15, -0.1) is 6.42 Å². The summed E-state index contributed by atoms with van der Waals surface area (Å²) < 4.78 is 32.1. The number of rotatable bonds is 8. The Morgan fingerprint density at radius 2 is 2.04 bits per heavy atom. The molecular weight excluding hydrogens is 376 g/mol. The second-order valence-corrected chi connectivity index (χ2v) is 8.25. The monoisotopic (exact) mass is 398 g/mol. The molecule has 2 aromatic carbocycles. The topological polar surface area (TPSA) is 84.5 Å². The molecular formula is C21H22N2O4S. The van der Waals surface area contributed by atoms with Crippen LogP contribution in [0.15, 0.2) is 53.4 Å². The normalized spacial score (nSPS) is 18.1. The van der Waals surface area contributed by atoms with E-state index in [-0.39, 0.29) is 34.9 Å². The van der Waals surface area contributed by atoms with Gasteiger partial charge in [-0.25, -0.2) is 8.42 Å². The molecule has 0 heterocycles. The highest BCUT2D eigenvalue weighted by Crippen LogP contribution is 2.41. The van der Waals surface area contributed by atoms with Gasteiger partial charge in [0, 0.05) is 17.5 Å². The highest BCUT2D eigenvalue weighted by Gasteiger charge is 2.39. The van der Waals surface area contributed by atoms with E-state index in [0.717, 1.165) is 17.7 Å². The minimum atomic E-state index is -3.74. The van der Waals surface area contributed by atoms with E-state index in [2.05, 4.69) is 16.0 Å². The quantitative estimate of drug-likeness (QED) is 0.668. The Balaban J connectivity index is 1.66. The Morgan fingerprint density at radius 3 is 2.79 bits per heavy atom. The van der Waals surface area contributed by atoms with Crippen molar-refractivity contribution in [3.05, 3.63) is 59.7 Å². The summed E-state index contributed by atoms with van der Waals surface area (Å²) in [4.78, 5) is 12.6. The highest BCUT2D eigenvalue weighted by atomic mass is 32.2. The summed E-state index contributed by atoms with van der Waals surface area (Å²) in [5.74, 6) is 2.96. The molecule has 2 N–H and O–H groups in total. The number of hydrogen-bond donors (Lipinski definition) is 2. The van der Waals surface area contributed by atoms with E-state index in [1.165, 1.54) is 18.2 Å². The van der Waals surface area contributed by atoms with Gasteiger partial charge in [0.05, 0.1) is 18.0 Å². The van der Waals surface area contributed by atoms with Gasteiger partial charge in [-0.3, -0.25) is 4.79 Å². The van der Waals surface area contributed by atoms with Crippen LogP contribution < -0.4 is 14.8 Å². The van der Waals surface area contributed by atoms with Crippen LogP contribution in [0.2, 0.25) is 0 Å². The standard InChI is InChI=1S/C21H22N2O4S/c1-3-11-22-28(25,26)18-10-6-8-16(13-18)21(24)23-20-14-19(20)15-7-5-9-17(12-15)27-4-2/h1,5-10,12-13,19-20,22H,4,11,14H2,2H3,(H,23,24)/t19-,20+/m1/s1. The van der Waals surface area contributed by atoms with Crippen molar-refractivity contribution < 1.29 is 17.9 Å². The maximum Gasteiger partial charge on any atom is 0.251 e. The zero-order valence-electron chi connectivity index (χ0n) is 15.5. The Hall–Kier alpha value is -2.82. The number of benzene rings is 2. The Labute approximate surface area is 165 Å². The van der Waals surface area contributed by atoms with Crippen molar-refractivity contribution in [3.63, 3.8) is 0 Å². The van der Waals surface area contributed by atoms with Gasteiger partial charge >= 0.3 is 0 Å². The third-order valence-corrected chi connectivity index (χ3v) is 5.87. The fraction of sp³-hybridized carbons (Fsp3) is 0.286. The first-order chi connectivity index (χ1) is 13.4. The minimum absolute atomic E-state index is 0.00663. The van der Waals surface area contributed by atoms with E-state index in [9.17, 15) is 13.2 Å². The first kappa shape index (κ1) is 19.9. The lowest BCUT2D eigenvalue weighted by Gasteiger charge is -2.09. The molecule has 0 saturated heterocycles. The second-order valence-electron chi connectivity index (χ2n) is 6.48. The molecule has 1 amide bonds. The number of hydrogen-bond acceptors (Lipinski definition) is 4. The van der Waals surface area contributed by atoms with Gasteiger partial charge in [-0.1, -0.05) is 24.1 Å². The van der Waals surface area contributed by atoms with Gasteiger partial charge < -0.3 is 10.1 Å². The number of carbonyl (C=O) groups is 1. The van der Waals surface area contributed by atoms with Crippen LogP contribution in [0.3, 0.4) is 0 Å². The predicted molar refractivity (Wildman–Crippen MR) is 107 cm³/mol. The fourth-order valence-electron chi connectivity index (χ4n) is 3.00. The molecule has 0 radical (unpaired) electrons. The lowest BCUT2D eigenvalue weighted by atomic mass is 10.1. The van der Waals surface area contributed by atoms with Crippen molar-refractivity contribution >= 4 is 15.9 Å². The molecule has 6 nitrogen and oxygen atoms in total. The zero-order chi connectivity index (χ0) is 20.1. The lowest BCUT2D eigenvalue weighted by Crippen LogP contribution is -2.27. The fourth-order valence-corrected chi connectivity index (χ4v) is 3.98. The van der Waals surface area contributed by atoms with Crippen molar-refractivity contribution in [3.8, 4) is 18.1 Å². The second kappa shape index (κ2) is 8.46. The lowest BCUT2D eigenvalue weighted by molar-refractivity contribution is 0.0950. The smallest absolute Gasteiger partial charge is 0.251 e. The maximum absolute atomic E-state index is 12.6. The molecule has 0 spiro atoms. The number of nitrogens with one attached hydrogen (secondary N) is 2. The first-order valence-electron chi connectivity index (χ1n) is 9.01. The molecule has 1 aliphatic rings. The molecule has 1 aliphatic carbocycles. The van der Waals surface area contributed by atoms with Crippen LogP contribution in [0.4, 0.5) is 0 Å². The largest absolute Gasteiger partial charge is 0.494 e. The van der Waals surface area contributed by atoms with E-state index in [4.69, 9.17) is 11.2 Å². The Bertz CT molecular complexity index is 1010. The molecule has 28 heavy (non-hydrogen) atoms. The number of carbonyl (C=O) groups excluding carboxylic acids is 1. The average molecular weight is 398 g/mol. The van der Waals surface area contributed by atoms with Gasteiger partial charge in [0.15, 0.2) is 0 Å². The Morgan fingerprint density at radius 1 is 1.25 bits per heavy atom. The Kier molecular flexibility index (Phi) is 6.02. The summed E-state index contributed by atoms with van der Waals surface area (Å²) in [6.07, 6.45) is 5.93. The van der Waals surface area contributed by atoms with Crippen LogP contribution in [0.25, 0.3) is 0 Å². The zero-order valence-corrected chi connectivity index (χ0v) is 16.3. The van der Waals surface area contributed by atoms with Gasteiger partial charge in [0.2, 0.25) is 10.0 Å². The molecule has 2 aromatic rings. The molecule has 0 unspecified atom stereocenters. The maximum atomic E-state index is 12.6. The van der Waals surface area contributed by atoms with Crippen molar-refractivity contribution in [2.45, 2.75) is 30.2 Å². The predicted octanol–water partition coefficient (Wildman–Crippen LogP) is 2.28. The highest BCUT2D eigenvalue weighted by molar-refractivity contribution is 7.89. The molecule has 1 fully saturated rings. The van der Waals surface area contributed by atoms with E-state index >= 15 is 0 Å². The van der Waals surface area contributed by atoms with Crippen LogP contribution in [0, 0.1) is 12.3 Å². The van der Waals surface area contributed by atoms with Gasteiger partial charge in [0.25, 0.3) is 5.91 Å². The molecule has 7 heteroatoms. The summed E-state index contributed by atoms with van der Waals surface area (Å²) >= 11 is 0. The van der Waals surface area contributed by atoms with Crippen molar-refractivity contribution in [2.24, 2.45) is 0 Å². The van der Waals surface area contributed by atoms with Crippen LogP contribution in [-0.2, 0) is 10.0 Å². The van der Waals surface area contributed by atoms with Crippen LogP contribution >= 0.6 is 0 Å². The average Bonchev–Trinajstić information content (AvgIpc) is 3.46. The van der Waals surface area contributed by atoms with E-state index < -0.39 is 10.0 Å². The van der Waals surface area contributed by atoms with E-state index in [1.54, 1.807) is 6.07 Å². The number of ether oxygens (including phenoxy) is 1. The summed E-state index contributed by atoms with van der Waals surface area (Å²) in [6, 6.07) is 13.8. The molecule has 146 valence electrons. The molecule has 0 bridgehead atoms. The number of terminal acetylenes is 1. The van der Waals surface area contributed by atoms with Crippen LogP contribution in [0.1, 0.15) is 35.2 Å². The minimum Gasteiger partial charge on any atom is -0.494 e. The van der Waals surface area contributed by atoms with Gasteiger partial charge in [-0.05, 0) is 49.2 Å². The number of amides is 1. The SMILES string of the molecule is C#CCNS(=O)(=O)c1cccc(C(=O)N[C@H]2C[C@@H]2c2cccc(OCC)c2)c1. The summed E-state index contributed by atoms with van der Waals surface area (Å²) in [5.41, 5.74) is 1.41. The van der Waals surface area contributed by atoms with Gasteiger partial charge in [0.1, 0.15) is 5.75 Å². The molecule has 0 aliphatic heterocycles. The number of sulfonamides is 1. The van der Waals surface area contributed by atoms with E-state index in [0.29, 0.717) is 6.61 Å². The molecule has 1 saturated carbocycles. The van der Waals surface area contributed by atoms with E-state index in [1.807, 2.05) is 31.2 Å². The van der Waals surface area contributed by atoms with Crippen LogP contribution in [0.5, 0.6) is 5.75 Å². The summed E-state index contributed by atoms with van der Waals surface area (Å²) in [7, 11) is -3.74. The van der Waals surface area contributed by atoms with Gasteiger partial charge in [-0.2, -0.15) is 4.72 Å². The first-order valence-corrected chi connectivity index (χ1v) is 10.5. The molecule has 2 atom stereocenters. The summed E-state index contributed by atoms with van der Waals surface area (Å²) in [5, 5.41) is 2.96. The van der Waals surface area contributed by atoms with Crippen molar-refractivity contribution in [1.29, 1.82) is 0 Å². The molecule has 0 aromatic heterocycles.